The molecule has 0 saturated carbocycles. The maximum Gasteiger partial charge on any atom is 0.160 e. The Morgan fingerprint density at radius 1 is 0.423 bits per heavy atom. The number of rotatable bonds is 5. The number of fused-ring (bicyclic) bond motifs is 7. The molecule has 0 aliphatic carbocycles. The van der Waals surface area contributed by atoms with Crippen LogP contribution in [0.4, 0.5) is 0 Å². The molecule has 0 unspecified atom stereocenters. The predicted molar refractivity (Wildman–Crippen MR) is 212 cm³/mol. The summed E-state index contributed by atoms with van der Waals surface area (Å²) in [6, 6.07) is 63.1. The fourth-order valence-electron chi connectivity index (χ4n) is 7.61. The second kappa shape index (κ2) is 11.9. The summed E-state index contributed by atoms with van der Waals surface area (Å²) in [5, 5.41) is 14.3. The highest BCUT2D eigenvalue weighted by Crippen LogP contribution is 2.42. The molecule has 242 valence electrons. The van der Waals surface area contributed by atoms with E-state index in [2.05, 4.69) is 130 Å². The van der Waals surface area contributed by atoms with Gasteiger partial charge in [-0.2, -0.15) is 5.26 Å². The quantitative estimate of drug-likeness (QED) is 0.184. The molecule has 0 fully saturated rings. The normalized spacial score (nSPS) is 11.4. The second-order valence-electron chi connectivity index (χ2n) is 13.0. The number of benzene rings is 7. The third kappa shape index (κ3) is 4.70. The molecule has 5 heteroatoms. The van der Waals surface area contributed by atoms with Crippen molar-refractivity contribution in [3.8, 4) is 51.3 Å². The molecular weight excluding hydrogens is 635 g/mol. The van der Waals surface area contributed by atoms with Crippen molar-refractivity contribution in [1.29, 1.82) is 5.26 Å². The average Bonchev–Trinajstić information content (AvgIpc) is 3.74. The van der Waals surface area contributed by atoms with E-state index in [9.17, 15) is 5.26 Å². The Morgan fingerprint density at radius 2 is 1.04 bits per heavy atom. The summed E-state index contributed by atoms with van der Waals surface area (Å²) in [7, 11) is 0. The van der Waals surface area contributed by atoms with Gasteiger partial charge in [0.05, 0.1) is 45.1 Å². The Hall–Kier alpha value is -7.29. The second-order valence-corrected chi connectivity index (χ2v) is 13.0. The monoisotopic (exact) mass is 663 g/mol. The van der Waals surface area contributed by atoms with Crippen LogP contribution >= 0.6 is 0 Å². The molecule has 3 aromatic heterocycles. The summed E-state index contributed by atoms with van der Waals surface area (Å²) >= 11 is 0. The number of aromatic nitrogens is 4. The van der Waals surface area contributed by atoms with E-state index in [0.717, 1.165) is 50.5 Å². The van der Waals surface area contributed by atoms with Gasteiger partial charge in [0.25, 0.3) is 0 Å². The van der Waals surface area contributed by atoms with Crippen LogP contribution in [0.1, 0.15) is 5.56 Å². The molecule has 0 aliphatic rings. The largest absolute Gasteiger partial charge is 0.309 e. The first-order valence-corrected chi connectivity index (χ1v) is 17.3. The van der Waals surface area contributed by atoms with Gasteiger partial charge in [0.2, 0.25) is 0 Å². The van der Waals surface area contributed by atoms with Gasteiger partial charge in [-0.15, -0.1) is 0 Å². The van der Waals surface area contributed by atoms with Crippen LogP contribution in [0.5, 0.6) is 0 Å². The van der Waals surface area contributed by atoms with E-state index in [1.165, 1.54) is 32.6 Å². The topological polar surface area (TPSA) is 59.4 Å². The fraction of sp³-hybridized carbons (Fsp3) is 0. The van der Waals surface area contributed by atoms with Gasteiger partial charge >= 0.3 is 0 Å². The van der Waals surface area contributed by atoms with Gasteiger partial charge in [-0.05, 0) is 60.7 Å². The molecule has 52 heavy (non-hydrogen) atoms. The van der Waals surface area contributed by atoms with Crippen molar-refractivity contribution in [3.63, 3.8) is 0 Å². The van der Waals surface area contributed by atoms with Gasteiger partial charge in [0.15, 0.2) is 5.82 Å². The molecular formula is C47H29N5. The zero-order valence-electron chi connectivity index (χ0n) is 28.0. The molecule has 0 amide bonds. The zero-order valence-corrected chi connectivity index (χ0v) is 28.0. The first-order chi connectivity index (χ1) is 25.7. The summed E-state index contributed by atoms with van der Waals surface area (Å²) in [5.74, 6) is 0.648. The predicted octanol–water partition coefficient (Wildman–Crippen LogP) is 11.5. The van der Waals surface area contributed by atoms with Crippen molar-refractivity contribution in [3.05, 3.63) is 181 Å². The number of nitriles is 1. The molecule has 0 aliphatic heterocycles. The van der Waals surface area contributed by atoms with Crippen molar-refractivity contribution in [2.45, 2.75) is 0 Å². The summed E-state index contributed by atoms with van der Waals surface area (Å²) in [4.78, 5) is 10.1. The molecule has 3 heterocycles. The van der Waals surface area contributed by atoms with E-state index in [4.69, 9.17) is 9.97 Å². The minimum atomic E-state index is 0.612. The van der Waals surface area contributed by atoms with Crippen molar-refractivity contribution in [2.24, 2.45) is 0 Å². The molecule has 10 aromatic rings. The van der Waals surface area contributed by atoms with Gasteiger partial charge < -0.3 is 9.13 Å². The highest BCUT2D eigenvalue weighted by molar-refractivity contribution is 6.26. The molecule has 0 spiro atoms. The van der Waals surface area contributed by atoms with Crippen LogP contribution in [0.2, 0.25) is 0 Å². The lowest BCUT2D eigenvalue weighted by atomic mass is 10.0. The minimum Gasteiger partial charge on any atom is -0.309 e. The molecule has 7 aromatic carbocycles. The van der Waals surface area contributed by atoms with Crippen LogP contribution in [0.25, 0.3) is 88.9 Å². The fourth-order valence-corrected chi connectivity index (χ4v) is 7.61. The highest BCUT2D eigenvalue weighted by atomic mass is 15.0. The van der Waals surface area contributed by atoms with Crippen LogP contribution in [0, 0.1) is 11.3 Å². The Morgan fingerprint density at radius 3 is 1.79 bits per heavy atom. The first kappa shape index (κ1) is 29.6. The molecule has 0 radical (unpaired) electrons. The standard InChI is InChI=1S/C47H29N5/c48-30-31-22-24-32(25-23-31)40-29-41(50-47(49-40)33-12-3-1-4-13-33)34-14-11-17-36(28-34)52-42-20-9-7-18-37(42)38-26-27-44-45(46(38)52)39-19-8-10-21-43(39)51(44)35-15-5-2-6-16-35/h1-29H. The smallest absolute Gasteiger partial charge is 0.160 e. The Labute approximate surface area is 299 Å². The number of hydrogen-bond donors (Lipinski definition) is 0. The van der Waals surface area contributed by atoms with Crippen molar-refractivity contribution in [1.82, 2.24) is 19.1 Å². The van der Waals surface area contributed by atoms with Crippen LogP contribution in [0.3, 0.4) is 0 Å². The molecule has 0 N–H and O–H groups in total. The highest BCUT2D eigenvalue weighted by Gasteiger charge is 2.21. The Balaban J connectivity index is 1.24. The van der Waals surface area contributed by atoms with Crippen LogP contribution < -0.4 is 0 Å². The molecule has 0 bridgehead atoms. The lowest BCUT2D eigenvalue weighted by molar-refractivity contribution is 1.16. The van der Waals surface area contributed by atoms with E-state index in [1.54, 1.807) is 0 Å². The van der Waals surface area contributed by atoms with Crippen LogP contribution in [-0.2, 0) is 0 Å². The van der Waals surface area contributed by atoms with Crippen molar-refractivity contribution in [2.75, 3.05) is 0 Å². The Kier molecular flexibility index (Phi) is 6.80. The van der Waals surface area contributed by atoms with E-state index in [0.29, 0.717) is 11.4 Å². The summed E-state index contributed by atoms with van der Waals surface area (Å²) < 4.78 is 4.79. The first-order valence-electron chi connectivity index (χ1n) is 17.3. The van der Waals surface area contributed by atoms with Gasteiger partial charge in [-0.1, -0.05) is 115 Å². The van der Waals surface area contributed by atoms with Gasteiger partial charge in [-0.3, -0.25) is 0 Å². The lowest BCUT2D eigenvalue weighted by Gasteiger charge is -2.13. The maximum absolute atomic E-state index is 9.41. The average molecular weight is 664 g/mol. The molecule has 5 nitrogen and oxygen atoms in total. The lowest BCUT2D eigenvalue weighted by Crippen LogP contribution is -1.98. The summed E-state index contributed by atoms with van der Waals surface area (Å²) in [6.07, 6.45) is 0. The number of nitrogens with zero attached hydrogens (tertiary/aromatic N) is 5. The van der Waals surface area contributed by atoms with Gasteiger partial charge in [0.1, 0.15) is 0 Å². The third-order valence-electron chi connectivity index (χ3n) is 9.95. The van der Waals surface area contributed by atoms with E-state index >= 15 is 0 Å². The molecule has 0 saturated heterocycles. The zero-order chi connectivity index (χ0) is 34.6. The van der Waals surface area contributed by atoms with E-state index in [1.807, 2.05) is 60.7 Å². The summed E-state index contributed by atoms with van der Waals surface area (Å²) in [6.45, 7) is 0. The summed E-state index contributed by atoms with van der Waals surface area (Å²) in [5.41, 5.74) is 11.9. The SMILES string of the molecule is N#Cc1ccc(-c2cc(-c3cccc(-n4c5ccccc5c5ccc6c(c7ccccc7n6-c6ccccc6)c54)c3)nc(-c3ccccc3)n2)cc1. The Bertz CT molecular complexity index is 3000. The van der Waals surface area contributed by atoms with Crippen LogP contribution in [0.15, 0.2) is 176 Å². The number of hydrogen-bond acceptors (Lipinski definition) is 3. The number of para-hydroxylation sites is 3. The maximum atomic E-state index is 9.41. The third-order valence-corrected chi connectivity index (χ3v) is 9.95. The van der Waals surface area contributed by atoms with E-state index in [-0.39, 0.29) is 0 Å². The molecule has 10 rings (SSSR count). The van der Waals surface area contributed by atoms with Crippen molar-refractivity contribution >= 4 is 43.6 Å². The van der Waals surface area contributed by atoms with Gasteiger partial charge in [0, 0.05) is 49.6 Å². The van der Waals surface area contributed by atoms with E-state index < -0.39 is 0 Å². The van der Waals surface area contributed by atoms with Crippen LogP contribution in [-0.4, -0.2) is 19.1 Å². The minimum absolute atomic E-state index is 0.612. The van der Waals surface area contributed by atoms with Crippen molar-refractivity contribution < 1.29 is 0 Å². The van der Waals surface area contributed by atoms with Gasteiger partial charge in [-0.25, -0.2) is 9.97 Å². The molecule has 0 atom stereocenters.